The third kappa shape index (κ3) is 4.19. The Labute approximate surface area is 125 Å². The average molecular weight is 307 g/mol. The van der Waals surface area contributed by atoms with E-state index in [1.807, 2.05) is 12.1 Å². The summed E-state index contributed by atoms with van der Waals surface area (Å²) in [4.78, 5) is 21.4. The van der Waals surface area contributed by atoms with E-state index in [4.69, 9.17) is 16.0 Å². The molecule has 0 bridgehead atoms. The fourth-order valence-electron chi connectivity index (χ4n) is 1.57. The molecule has 2 aromatic rings. The van der Waals surface area contributed by atoms with Crippen molar-refractivity contribution in [3.8, 4) is 0 Å². The lowest BCUT2D eigenvalue weighted by Gasteiger charge is -2.04. The first-order valence-corrected chi connectivity index (χ1v) is 6.37. The molecule has 7 heteroatoms. The van der Waals surface area contributed by atoms with Crippen LogP contribution in [0.25, 0.3) is 6.08 Å². The Morgan fingerprint density at radius 1 is 1.33 bits per heavy atom. The molecule has 0 unspecified atom stereocenters. The standard InChI is InChI=1S/C14H11ClN2O4/c15-12-4-2-1-3-10(12)9-16-13(18)7-5-11-6-8-14(21-11)17(19)20/h1-8H,9H2,(H,16,18)/b7-5+. The quantitative estimate of drug-likeness (QED) is 0.522. The van der Waals surface area contributed by atoms with Gasteiger partial charge < -0.3 is 9.73 Å². The van der Waals surface area contributed by atoms with Gasteiger partial charge in [0.15, 0.2) is 0 Å². The van der Waals surface area contributed by atoms with E-state index >= 15 is 0 Å². The lowest BCUT2D eigenvalue weighted by molar-refractivity contribution is -0.402. The Morgan fingerprint density at radius 2 is 2.10 bits per heavy atom. The van der Waals surface area contributed by atoms with Crippen LogP contribution in [-0.2, 0) is 11.3 Å². The first kappa shape index (κ1) is 14.8. The fourth-order valence-corrected chi connectivity index (χ4v) is 1.77. The molecule has 1 heterocycles. The van der Waals surface area contributed by atoms with Crippen LogP contribution in [0.2, 0.25) is 5.02 Å². The number of amides is 1. The largest absolute Gasteiger partial charge is 0.433 e. The number of nitrogens with zero attached hydrogens (tertiary/aromatic N) is 1. The number of carbonyl (C=O) groups excluding carboxylic acids is 1. The molecule has 0 atom stereocenters. The van der Waals surface area contributed by atoms with Crippen molar-refractivity contribution in [2.45, 2.75) is 6.54 Å². The second-order valence-corrected chi connectivity index (χ2v) is 4.48. The van der Waals surface area contributed by atoms with Crippen LogP contribution >= 0.6 is 11.6 Å². The zero-order valence-electron chi connectivity index (χ0n) is 10.8. The SMILES string of the molecule is O=C(/C=C/c1ccc([N+](=O)[O-])o1)NCc1ccccc1Cl. The highest BCUT2D eigenvalue weighted by atomic mass is 35.5. The molecule has 0 saturated heterocycles. The minimum Gasteiger partial charge on any atom is -0.401 e. The molecule has 1 amide bonds. The Hall–Kier alpha value is -2.60. The summed E-state index contributed by atoms with van der Waals surface area (Å²) in [6.45, 7) is 0.293. The van der Waals surface area contributed by atoms with E-state index in [9.17, 15) is 14.9 Å². The van der Waals surface area contributed by atoms with E-state index in [-0.39, 0.29) is 17.6 Å². The maximum absolute atomic E-state index is 11.6. The van der Waals surface area contributed by atoms with Crippen LogP contribution in [0.5, 0.6) is 0 Å². The monoisotopic (exact) mass is 306 g/mol. The van der Waals surface area contributed by atoms with Crippen LogP contribution in [0.4, 0.5) is 5.88 Å². The van der Waals surface area contributed by atoms with E-state index in [0.717, 1.165) is 5.56 Å². The van der Waals surface area contributed by atoms with Gasteiger partial charge >= 0.3 is 5.88 Å². The predicted molar refractivity (Wildman–Crippen MR) is 77.7 cm³/mol. The van der Waals surface area contributed by atoms with E-state index in [1.54, 1.807) is 12.1 Å². The summed E-state index contributed by atoms with van der Waals surface area (Å²) in [5.74, 6) is -0.491. The average Bonchev–Trinajstić information content (AvgIpc) is 2.93. The van der Waals surface area contributed by atoms with Gasteiger partial charge in [-0.05, 0) is 23.8 Å². The van der Waals surface area contributed by atoms with Gasteiger partial charge in [0.2, 0.25) is 5.91 Å². The van der Waals surface area contributed by atoms with Gasteiger partial charge in [-0.1, -0.05) is 29.8 Å². The van der Waals surface area contributed by atoms with E-state index in [2.05, 4.69) is 5.32 Å². The Bertz CT molecular complexity index is 694. The number of rotatable bonds is 5. The molecule has 0 aliphatic rings. The number of halogens is 1. The zero-order chi connectivity index (χ0) is 15.2. The molecular formula is C14H11ClN2O4. The molecule has 1 N–H and O–H groups in total. The van der Waals surface area contributed by atoms with Crippen LogP contribution in [0, 0.1) is 10.1 Å². The topological polar surface area (TPSA) is 85.4 Å². The lowest BCUT2D eigenvalue weighted by Crippen LogP contribution is -2.20. The molecule has 2 rings (SSSR count). The van der Waals surface area contributed by atoms with Crippen molar-refractivity contribution in [3.63, 3.8) is 0 Å². The maximum Gasteiger partial charge on any atom is 0.433 e. The summed E-state index contributed by atoms with van der Waals surface area (Å²) >= 11 is 5.96. The highest BCUT2D eigenvalue weighted by Gasteiger charge is 2.10. The summed E-state index contributed by atoms with van der Waals surface area (Å²) in [6, 6.07) is 9.81. The fraction of sp³-hybridized carbons (Fsp3) is 0.0714. The third-order valence-electron chi connectivity index (χ3n) is 2.60. The molecule has 0 saturated carbocycles. The lowest BCUT2D eigenvalue weighted by atomic mass is 10.2. The van der Waals surface area contributed by atoms with Crippen molar-refractivity contribution >= 4 is 29.5 Å². The van der Waals surface area contributed by atoms with Crippen molar-refractivity contribution in [1.82, 2.24) is 5.32 Å². The summed E-state index contributed by atoms with van der Waals surface area (Å²) in [5, 5.41) is 13.7. The van der Waals surface area contributed by atoms with Crippen molar-refractivity contribution < 1.29 is 14.1 Å². The second kappa shape index (κ2) is 6.71. The summed E-state index contributed by atoms with van der Waals surface area (Å²) in [5.41, 5.74) is 0.801. The smallest absolute Gasteiger partial charge is 0.401 e. The highest BCUT2D eigenvalue weighted by molar-refractivity contribution is 6.31. The number of hydrogen-bond donors (Lipinski definition) is 1. The minimum atomic E-state index is -0.644. The van der Waals surface area contributed by atoms with Gasteiger partial charge in [-0.2, -0.15) is 0 Å². The molecule has 1 aromatic heterocycles. The van der Waals surface area contributed by atoms with Crippen molar-refractivity contribution in [2.75, 3.05) is 0 Å². The van der Waals surface area contributed by atoms with Gasteiger partial charge in [0.25, 0.3) is 0 Å². The van der Waals surface area contributed by atoms with E-state index < -0.39 is 4.92 Å². The van der Waals surface area contributed by atoms with Gasteiger partial charge in [-0.25, -0.2) is 0 Å². The number of furan rings is 1. The molecule has 0 spiro atoms. The molecule has 6 nitrogen and oxygen atoms in total. The normalized spacial score (nSPS) is 10.7. The summed E-state index contributed by atoms with van der Waals surface area (Å²) in [6.07, 6.45) is 2.59. The van der Waals surface area contributed by atoms with Gasteiger partial charge in [0.1, 0.15) is 10.7 Å². The van der Waals surface area contributed by atoms with Crippen LogP contribution in [0.15, 0.2) is 46.9 Å². The zero-order valence-corrected chi connectivity index (χ0v) is 11.5. The number of benzene rings is 1. The number of hydrogen-bond acceptors (Lipinski definition) is 4. The Balaban J connectivity index is 1.90. The molecule has 0 aliphatic heterocycles. The van der Waals surface area contributed by atoms with Gasteiger partial charge in [0, 0.05) is 17.6 Å². The molecule has 108 valence electrons. The van der Waals surface area contributed by atoms with E-state index in [0.29, 0.717) is 11.6 Å². The van der Waals surface area contributed by atoms with E-state index in [1.165, 1.54) is 24.3 Å². The van der Waals surface area contributed by atoms with Gasteiger partial charge in [-0.3, -0.25) is 14.9 Å². The Kier molecular flexibility index (Phi) is 4.73. The minimum absolute atomic E-state index is 0.231. The molecule has 0 aliphatic carbocycles. The highest BCUT2D eigenvalue weighted by Crippen LogP contribution is 2.17. The predicted octanol–water partition coefficient (Wildman–Crippen LogP) is 3.17. The number of nitrogens with one attached hydrogen (secondary N) is 1. The first-order chi connectivity index (χ1) is 10.1. The molecular weight excluding hydrogens is 296 g/mol. The summed E-state index contributed by atoms with van der Waals surface area (Å²) in [7, 11) is 0. The maximum atomic E-state index is 11.6. The number of nitro groups is 1. The number of carbonyl (C=O) groups is 1. The summed E-state index contributed by atoms with van der Waals surface area (Å²) < 4.78 is 4.89. The molecule has 0 radical (unpaired) electrons. The van der Waals surface area contributed by atoms with Gasteiger partial charge in [0.05, 0.1) is 6.07 Å². The first-order valence-electron chi connectivity index (χ1n) is 6.00. The van der Waals surface area contributed by atoms with Gasteiger partial charge in [-0.15, -0.1) is 0 Å². The molecule has 21 heavy (non-hydrogen) atoms. The van der Waals surface area contributed by atoms with Crippen LogP contribution in [0.1, 0.15) is 11.3 Å². The Morgan fingerprint density at radius 3 is 2.76 bits per heavy atom. The van der Waals surface area contributed by atoms with Crippen molar-refractivity contribution in [3.05, 3.63) is 68.9 Å². The molecule has 1 aromatic carbocycles. The third-order valence-corrected chi connectivity index (χ3v) is 2.97. The second-order valence-electron chi connectivity index (χ2n) is 4.08. The van der Waals surface area contributed by atoms with Crippen LogP contribution in [-0.4, -0.2) is 10.8 Å². The van der Waals surface area contributed by atoms with Crippen LogP contribution in [0.3, 0.4) is 0 Å². The van der Waals surface area contributed by atoms with Crippen molar-refractivity contribution in [1.29, 1.82) is 0 Å². The van der Waals surface area contributed by atoms with Crippen LogP contribution < -0.4 is 5.32 Å². The molecule has 0 fully saturated rings. The van der Waals surface area contributed by atoms with Crippen molar-refractivity contribution in [2.24, 2.45) is 0 Å².